The minimum Gasteiger partial charge on any atom is -0.381 e. The third-order valence-electron chi connectivity index (χ3n) is 1.70. The van der Waals surface area contributed by atoms with Crippen molar-refractivity contribution in [3.8, 4) is 0 Å². The van der Waals surface area contributed by atoms with Gasteiger partial charge in [-0.2, -0.15) is 0 Å². The first kappa shape index (κ1) is 10.7. The lowest BCUT2D eigenvalue weighted by molar-refractivity contribution is -0.136. The van der Waals surface area contributed by atoms with Crippen molar-refractivity contribution in [1.29, 1.82) is 0 Å². The molecule has 66 valence electrons. The molecule has 1 saturated heterocycles. The molecule has 1 fully saturated rings. The Hall–Kier alpha value is -0.320. The summed E-state index contributed by atoms with van der Waals surface area (Å²) in [4.78, 5) is 10.8. The van der Waals surface area contributed by atoms with Crippen LogP contribution in [0.4, 0.5) is 0 Å². The monoisotopic (exact) mass is 181 g/mol. The summed E-state index contributed by atoms with van der Waals surface area (Å²) in [7, 11) is 0. The summed E-state index contributed by atoms with van der Waals surface area (Å²) < 4.78 is 5.03. The lowest BCUT2D eigenvalue weighted by Crippen LogP contribution is -2.32. The standard InChI is InChI=1S/C6H11NO3.ClH/c8-6(7-9)5-1-3-10-4-2-5;/h5,9H,1-4H2,(H,7,8);1H. The highest BCUT2D eigenvalue weighted by atomic mass is 35.5. The van der Waals surface area contributed by atoms with Gasteiger partial charge in [-0.3, -0.25) is 10.0 Å². The maximum atomic E-state index is 10.8. The fraction of sp³-hybridized carbons (Fsp3) is 0.833. The van der Waals surface area contributed by atoms with Crippen LogP contribution < -0.4 is 5.48 Å². The van der Waals surface area contributed by atoms with Gasteiger partial charge >= 0.3 is 0 Å². The van der Waals surface area contributed by atoms with Gasteiger partial charge in [-0.05, 0) is 12.8 Å². The van der Waals surface area contributed by atoms with E-state index in [-0.39, 0.29) is 24.2 Å². The Kier molecular flexibility index (Phi) is 5.19. The molecule has 1 rings (SSSR count). The first-order valence-corrected chi connectivity index (χ1v) is 3.36. The maximum Gasteiger partial charge on any atom is 0.246 e. The summed E-state index contributed by atoms with van der Waals surface area (Å²) in [6.45, 7) is 1.25. The Morgan fingerprint density at radius 3 is 2.45 bits per heavy atom. The number of carbonyl (C=O) groups is 1. The van der Waals surface area contributed by atoms with Crippen LogP contribution in [-0.2, 0) is 9.53 Å². The van der Waals surface area contributed by atoms with Gasteiger partial charge in [0.25, 0.3) is 0 Å². The third-order valence-corrected chi connectivity index (χ3v) is 1.70. The third kappa shape index (κ3) is 3.05. The van der Waals surface area contributed by atoms with Crippen LogP contribution in [0.1, 0.15) is 12.8 Å². The molecule has 0 saturated carbocycles. The molecule has 2 N–H and O–H groups in total. The maximum absolute atomic E-state index is 10.8. The average Bonchev–Trinajstić information content (AvgIpc) is 2.05. The summed E-state index contributed by atoms with van der Waals surface area (Å²) in [6.07, 6.45) is 1.43. The van der Waals surface area contributed by atoms with E-state index in [2.05, 4.69) is 0 Å². The number of rotatable bonds is 1. The molecule has 1 heterocycles. The van der Waals surface area contributed by atoms with E-state index in [4.69, 9.17) is 9.94 Å². The Balaban J connectivity index is 0.000001000. The highest BCUT2D eigenvalue weighted by Gasteiger charge is 2.20. The lowest BCUT2D eigenvalue weighted by Gasteiger charge is -2.19. The Morgan fingerprint density at radius 2 is 2.00 bits per heavy atom. The molecule has 0 unspecified atom stereocenters. The Bertz CT molecular complexity index is 125. The zero-order chi connectivity index (χ0) is 7.40. The van der Waals surface area contributed by atoms with Crippen molar-refractivity contribution >= 4 is 18.3 Å². The molecular formula is C6H12ClNO3. The molecule has 1 aliphatic rings. The number of nitrogens with one attached hydrogen (secondary N) is 1. The average molecular weight is 182 g/mol. The van der Waals surface area contributed by atoms with E-state index in [1.807, 2.05) is 0 Å². The van der Waals surface area contributed by atoms with Crippen LogP contribution in [0, 0.1) is 5.92 Å². The zero-order valence-electron chi connectivity index (χ0n) is 6.08. The predicted molar refractivity (Wildman–Crippen MR) is 40.7 cm³/mol. The number of amides is 1. The summed E-state index contributed by atoms with van der Waals surface area (Å²) in [5, 5.41) is 8.25. The van der Waals surface area contributed by atoms with Gasteiger partial charge in [-0.25, -0.2) is 5.48 Å². The van der Waals surface area contributed by atoms with E-state index >= 15 is 0 Å². The van der Waals surface area contributed by atoms with Crippen molar-refractivity contribution in [2.24, 2.45) is 5.92 Å². The minimum absolute atomic E-state index is 0. The summed E-state index contributed by atoms with van der Waals surface area (Å²) in [5.74, 6) is -0.345. The number of hydrogen-bond acceptors (Lipinski definition) is 3. The fourth-order valence-electron chi connectivity index (χ4n) is 1.05. The first-order valence-electron chi connectivity index (χ1n) is 3.36. The SMILES string of the molecule is Cl.O=C(NO)C1CCOCC1. The van der Waals surface area contributed by atoms with E-state index in [0.29, 0.717) is 26.1 Å². The van der Waals surface area contributed by atoms with Gasteiger partial charge in [-0.15, -0.1) is 12.4 Å². The molecule has 11 heavy (non-hydrogen) atoms. The van der Waals surface area contributed by atoms with Gasteiger partial charge in [0.15, 0.2) is 0 Å². The molecule has 0 spiro atoms. The summed E-state index contributed by atoms with van der Waals surface area (Å²) in [5.41, 5.74) is 1.64. The molecule has 0 bridgehead atoms. The Morgan fingerprint density at radius 1 is 1.45 bits per heavy atom. The van der Waals surface area contributed by atoms with Crippen molar-refractivity contribution < 1.29 is 14.7 Å². The van der Waals surface area contributed by atoms with Crippen molar-refractivity contribution in [2.75, 3.05) is 13.2 Å². The van der Waals surface area contributed by atoms with Gasteiger partial charge in [0.1, 0.15) is 0 Å². The van der Waals surface area contributed by atoms with Gasteiger partial charge in [0.2, 0.25) is 5.91 Å². The van der Waals surface area contributed by atoms with Gasteiger partial charge in [0.05, 0.1) is 0 Å². The molecule has 0 atom stereocenters. The molecule has 5 heteroatoms. The molecule has 0 aliphatic carbocycles. The van der Waals surface area contributed by atoms with Crippen LogP contribution in [-0.4, -0.2) is 24.3 Å². The summed E-state index contributed by atoms with van der Waals surface area (Å²) in [6, 6.07) is 0. The van der Waals surface area contributed by atoms with Crippen molar-refractivity contribution in [3.05, 3.63) is 0 Å². The lowest BCUT2D eigenvalue weighted by atomic mass is 10.0. The second-order valence-corrected chi connectivity index (χ2v) is 2.36. The fourth-order valence-corrected chi connectivity index (χ4v) is 1.05. The van der Waals surface area contributed by atoms with E-state index in [9.17, 15) is 4.79 Å². The van der Waals surface area contributed by atoms with Crippen LogP contribution in [0.5, 0.6) is 0 Å². The molecule has 0 aromatic carbocycles. The van der Waals surface area contributed by atoms with E-state index in [1.54, 1.807) is 5.48 Å². The highest BCUT2D eigenvalue weighted by Crippen LogP contribution is 2.13. The smallest absolute Gasteiger partial charge is 0.246 e. The van der Waals surface area contributed by atoms with E-state index < -0.39 is 0 Å². The van der Waals surface area contributed by atoms with Gasteiger partial charge < -0.3 is 4.74 Å². The number of hydroxylamine groups is 1. The van der Waals surface area contributed by atoms with Crippen molar-refractivity contribution in [2.45, 2.75) is 12.8 Å². The first-order chi connectivity index (χ1) is 4.84. The molecule has 0 aromatic heterocycles. The zero-order valence-corrected chi connectivity index (χ0v) is 6.89. The van der Waals surface area contributed by atoms with E-state index in [1.165, 1.54) is 0 Å². The van der Waals surface area contributed by atoms with Gasteiger partial charge in [0, 0.05) is 19.1 Å². The number of halogens is 1. The number of carbonyl (C=O) groups excluding carboxylic acids is 1. The van der Waals surface area contributed by atoms with Crippen LogP contribution in [0.25, 0.3) is 0 Å². The largest absolute Gasteiger partial charge is 0.381 e. The quantitative estimate of drug-likeness (QED) is 0.453. The Labute approximate surface area is 71.3 Å². The van der Waals surface area contributed by atoms with Crippen LogP contribution in [0.3, 0.4) is 0 Å². The highest BCUT2D eigenvalue weighted by molar-refractivity contribution is 5.85. The molecule has 0 radical (unpaired) electrons. The van der Waals surface area contributed by atoms with Crippen LogP contribution >= 0.6 is 12.4 Å². The molecule has 4 nitrogen and oxygen atoms in total. The molecule has 0 aromatic rings. The minimum atomic E-state index is -0.289. The number of ether oxygens (including phenoxy) is 1. The second kappa shape index (κ2) is 5.35. The predicted octanol–water partition coefficient (Wildman–Crippen LogP) is 0.340. The second-order valence-electron chi connectivity index (χ2n) is 2.36. The van der Waals surface area contributed by atoms with Crippen LogP contribution in [0.2, 0.25) is 0 Å². The molecule has 1 amide bonds. The molecule has 1 aliphatic heterocycles. The topological polar surface area (TPSA) is 58.6 Å². The van der Waals surface area contributed by atoms with Gasteiger partial charge in [-0.1, -0.05) is 0 Å². The van der Waals surface area contributed by atoms with Crippen molar-refractivity contribution in [3.63, 3.8) is 0 Å². The molecular weight excluding hydrogens is 170 g/mol. The van der Waals surface area contributed by atoms with E-state index in [0.717, 1.165) is 0 Å². The van der Waals surface area contributed by atoms with Crippen molar-refractivity contribution in [1.82, 2.24) is 5.48 Å². The van der Waals surface area contributed by atoms with Crippen LogP contribution in [0.15, 0.2) is 0 Å². The summed E-state index contributed by atoms with van der Waals surface area (Å²) >= 11 is 0. The number of hydrogen-bond donors (Lipinski definition) is 2. The normalized spacial score (nSPS) is 18.6.